The second-order valence-electron chi connectivity index (χ2n) is 4.64. The molecule has 0 fully saturated rings. The van der Waals surface area contributed by atoms with E-state index in [0.29, 0.717) is 5.92 Å². The fourth-order valence-corrected chi connectivity index (χ4v) is 2.15. The van der Waals surface area contributed by atoms with Crippen molar-refractivity contribution in [3.05, 3.63) is 29.8 Å². The molecule has 0 aliphatic carbocycles. The van der Waals surface area contributed by atoms with Gasteiger partial charge in [0.15, 0.2) is 0 Å². The Bertz CT molecular complexity index is 443. The van der Waals surface area contributed by atoms with E-state index < -0.39 is 12.0 Å². The number of carbonyl (C=O) groups is 2. The topological polar surface area (TPSA) is 66.4 Å². The first-order valence-corrected chi connectivity index (χ1v) is 7.13. The maximum Gasteiger partial charge on any atom is 0.325 e. The molecule has 1 rings (SSSR count). The number of carboxylic acid groups (broad SMARTS) is 1. The summed E-state index contributed by atoms with van der Waals surface area (Å²) < 4.78 is 0. The fourth-order valence-electron chi connectivity index (χ4n) is 1.44. The molecule has 4 nitrogen and oxygen atoms in total. The third-order valence-electron chi connectivity index (χ3n) is 2.66. The normalized spacial score (nSPS) is 12.2. The zero-order valence-corrected chi connectivity index (χ0v) is 12.2. The van der Waals surface area contributed by atoms with E-state index in [9.17, 15) is 9.59 Å². The van der Waals surface area contributed by atoms with Crippen molar-refractivity contribution in [1.29, 1.82) is 0 Å². The van der Waals surface area contributed by atoms with Crippen LogP contribution in [0.15, 0.2) is 29.2 Å². The van der Waals surface area contributed by atoms with Crippen LogP contribution in [0.3, 0.4) is 0 Å². The van der Waals surface area contributed by atoms with Crippen LogP contribution in [0.2, 0.25) is 0 Å². The largest absolute Gasteiger partial charge is 0.480 e. The molecule has 2 N–H and O–H groups in total. The highest BCUT2D eigenvalue weighted by molar-refractivity contribution is 8.00. The monoisotopic (exact) mass is 281 g/mol. The third-order valence-corrected chi connectivity index (χ3v) is 3.68. The lowest BCUT2D eigenvalue weighted by molar-refractivity contribution is -0.140. The zero-order valence-electron chi connectivity index (χ0n) is 11.3. The van der Waals surface area contributed by atoms with Crippen LogP contribution in [0.1, 0.15) is 32.3 Å². The Morgan fingerprint density at radius 2 is 1.79 bits per heavy atom. The predicted molar refractivity (Wildman–Crippen MR) is 76.5 cm³/mol. The van der Waals surface area contributed by atoms with Crippen LogP contribution in [0.5, 0.6) is 0 Å². The van der Waals surface area contributed by atoms with Crippen molar-refractivity contribution in [2.24, 2.45) is 0 Å². The number of carboxylic acids is 1. The Morgan fingerprint density at radius 1 is 1.21 bits per heavy atom. The van der Waals surface area contributed by atoms with Crippen molar-refractivity contribution in [2.75, 3.05) is 5.75 Å². The number of carbonyl (C=O) groups excluding carboxylic acids is 1. The van der Waals surface area contributed by atoms with Crippen LogP contribution in [-0.4, -0.2) is 28.8 Å². The van der Waals surface area contributed by atoms with Gasteiger partial charge in [-0.25, -0.2) is 0 Å². The Hall–Kier alpha value is -1.49. The standard InChI is InChI=1S/C14H19NO3S/c1-9(2)11-4-6-12(7-5-11)19-8-13(16)15-10(3)14(17)18/h4-7,9-10H,8H2,1-3H3,(H,15,16)(H,17,18)/t10-/m1/s1. The van der Waals surface area contributed by atoms with E-state index in [1.807, 2.05) is 24.3 Å². The molecule has 0 saturated heterocycles. The van der Waals surface area contributed by atoms with Gasteiger partial charge in [0.05, 0.1) is 5.75 Å². The number of benzene rings is 1. The van der Waals surface area contributed by atoms with Gasteiger partial charge in [0.1, 0.15) is 6.04 Å². The Balaban J connectivity index is 2.44. The molecule has 104 valence electrons. The molecule has 1 aromatic rings. The molecule has 1 amide bonds. The van der Waals surface area contributed by atoms with Crippen LogP contribution in [0.25, 0.3) is 0 Å². The van der Waals surface area contributed by atoms with Crippen molar-refractivity contribution in [3.8, 4) is 0 Å². The van der Waals surface area contributed by atoms with E-state index in [-0.39, 0.29) is 11.7 Å². The lowest BCUT2D eigenvalue weighted by Gasteiger charge is -2.09. The van der Waals surface area contributed by atoms with Gasteiger partial charge < -0.3 is 10.4 Å². The quantitative estimate of drug-likeness (QED) is 0.786. The molecular formula is C14H19NO3S. The first-order valence-electron chi connectivity index (χ1n) is 6.15. The molecule has 1 atom stereocenters. The molecule has 0 aromatic heterocycles. The summed E-state index contributed by atoms with van der Waals surface area (Å²) in [5.74, 6) is -0.593. The van der Waals surface area contributed by atoms with Gasteiger partial charge in [0.25, 0.3) is 0 Å². The van der Waals surface area contributed by atoms with Crippen LogP contribution in [0.4, 0.5) is 0 Å². The van der Waals surface area contributed by atoms with Crippen LogP contribution in [0, 0.1) is 0 Å². The van der Waals surface area contributed by atoms with E-state index in [2.05, 4.69) is 19.2 Å². The van der Waals surface area contributed by atoms with Gasteiger partial charge in [0.2, 0.25) is 5.91 Å². The lowest BCUT2D eigenvalue weighted by Crippen LogP contribution is -2.39. The molecule has 19 heavy (non-hydrogen) atoms. The van der Waals surface area contributed by atoms with Crippen LogP contribution >= 0.6 is 11.8 Å². The van der Waals surface area contributed by atoms with Crippen LogP contribution < -0.4 is 5.32 Å². The molecule has 0 heterocycles. The third kappa shape index (κ3) is 5.34. The number of hydrogen-bond donors (Lipinski definition) is 2. The highest BCUT2D eigenvalue weighted by Gasteiger charge is 2.13. The first-order chi connectivity index (χ1) is 8.90. The van der Waals surface area contributed by atoms with Gasteiger partial charge in [-0.15, -0.1) is 11.8 Å². The molecule has 5 heteroatoms. The summed E-state index contributed by atoms with van der Waals surface area (Å²) >= 11 is 1.40. The number of thioether (sulfide) groups is 1. The average molecular weight is 281 g/mol. The average Bonchev–Trinajstić information content (AvgIpc) is 2.36. The van der Waals surface area contributed by atoms with Gasteiger partial charge in [0, 0.05) is 4.90 Å². The van der Waals surface area contributed by atoms with Crippen molar-refractivity contribution in [3.63, 3.8) is 0 Å². The van der Waals surface area contributed by atoms with E-state index in [4.69, 9.17) is 5.11 Å². The summed E-state index contributed by atoms with van der Waals surface area (Å²) in [6.45, 7) is 5.70. The minimum Gasteiger partial charge on any atom is -0.480 e. The van der Waals surface area contributed by atoms with Crippen LogP contribution in [-0.2, 0) is 9.59 Å². The van der Waals surface area contributed by atoms with E-state index in [1.165, 1.54) is 24.2 Å². The SMILES string of the molecule is CC(C)c1ccc(SCC(=O)N[C@H](C)C(=O)O)cc1. The zero-order chi connectivity index (χ0) is 14.4. The number of nitrogens with one attached hydrogen (secondary N) is 1. The molecule has 0 aliphatic heterocycles. The molecule has 0 aliphatic rings. The fraction of sp³-hybridized carbons (Fsp3) is 0.429. The number of hydrogen-bond acceptors (Lipinski definition) is 3. The highest BCUT2D eigenvalue weighted by atomic mass is 32.2. The van der Waals surface area contributed by atoms with Crippen molar-refractivity contribution < 1.29 is 14.7 Å². The lowest BCUT2D eigenvalue weighted by atomic mass is 10.0. The smallest absolute Gasteiger partial charge is 0.325 e. The summed E-state index contributed by atoms with van der Waals surface area (Å²) in [5.41, 5.74) is 1.26. The summed E-state index contributed by atoms with van der Waals surface area (Å²) in [5, 5.41) is 11.1. The van der Waals surface area contributed by atoms with Gasteiger partial charge in [-0.05, 0) is 30.5 Å². The highest BCUT2D eigenvalue weighted by Crippen LogP contribution is 2.21. The van der Waals surface area contributed by atoms with Gasteiger partial charge in [-0.2, -0.15) is 0 Å². The van der Waals surface area contributed by atoms with E-state index in [0.717, 1.165) is 4.90 Å². The van der Waals surface area contributed by atoms with Crippen molar-refractivity contribution in [1.82, 2.24) is 5.32 Å². The maximum absolute atomic E-state index is 11.5. The molecule has 0 saturated carbocycles. The Morgan fingerprint density at radius 3 is 2.26 bits per heavy atom. The second kappa shape index (κ2) is 7.19. The molecular weight excluding hydrogens is 262 g/mol. The number of rotatable bonds is 6. The van der Waals surface area contributed by atoms with E-state index in [1.54, 1.807) is 0 Å². The predicted octanol–water partition coefficient (Wildman–Crippen LogP) is 2.49. The first kappa shape index (κ1) is 15.6. The Labute approximate surface area is 117 Å². The van der Waals surface area contributed by atoms with Crippen molar-refractivity contribution >= 4 is 23.6 Å². The number of aliphatic carboxylic acids is 1. The Kier molecular flexibility index (Phi) is 5.89. The molecule has 0 radical (unpaired) electrons. The van der Waals surface area contributed by atoms with Gasteiger partial charge >= 0.3 is 5.97 Å². The minimum absolute atomic E-state index is 0.221. The summed E-state index contributed by atoms with van der Waals surface area (Å²) in [7, 11) is 0. The van der Waals surface area contributed by atoms with Gasteiger partial charge in [-0.1, -0.05) is 26.0 Å². The molecule has 0 unspecified atom stereocenters. The van der Waals surface area contributed by atoms with E-state index >= 15 is 0 Å². The summed E-state index contributed by atoms with van der Waals surface area (Å²) in [6, 6.07) is 7.20. The second-order valence-corrected chi connectivity index (χ2v) is 5.69. The van der Waals surface area contributed by atoms with Crippen molar-refractivity contribution in [2.45, 2.75) is 37.6 Å². The summed E-state index contributed by atoms with van der Waals surface area (Å²) in [4.78, 5) is 23.1. The molecule has 0 spiro atoms. The summed E-state index contributed by atoms with van der Waals surface area (Å²) in [6.07, 6.45) is 0. The minimum atomic E-state index is -1.03. The molecule has 0 bridgehead atoms. The molecule has 1 aromatic carbocycles. The number of amides is 1. The van der Waals surface area contributed by atoms with Gasteiger partial charge in [-0.3, -0.25) is 9.59 Å². The maximum atomic E-state index is 11.5.